The highest BCUT2D eigenvalue weighted by atomic mass is 79.9. The van der Waals surface area contributed by atoms with E-state index in [1.54, 1.807) is 18.2 Å². The first-order valence-electron chi connectivity index (χ1n) is 6.58. The quantitative estimate of drug-likeness (QED) is 0.891. The van der Waals surface area contributed by atoms with Gasteiger partial charge >= 0.3 is 0 Å². The molecule has 2 rings (SSSR count). The summed E-state index contributed by atoms with van der Waals surface area (Å²) in [6.45, 7) is 5.67. The summed E-state index contributed by atoms with van der Waals surface area (Å²) in [6.07, 6.45) is 0.635. The van der Waals surface area contributed by atoms with Gasteiger partial charge in [0, 0.05) is 10.2 Å². The highest BCUT2D eigenvalue weighted by Gasteiger charge is 2.19. The molecule has 0 unspecified atom stereocenters. The second kappa shape index (κ2) is 6.15. The molecule has 0 atom stereocenters. The summed E-state index contributed by atoms with van der Waals surface area (Å²) in [4.78, 5) is 4.50. The Kier molecular flexibility index (Phi) is 4.68. The van der Waals surface area contributed by atoms with Crippen molar-refractivity contribution >= 4 is 31.8 Å². The minimum atomic E-state index is -3.64. The molecule has 112 valence electrons. The van der Waals surface area contributed by atoms with E-state index in [-0.39, 0.29) is 4.90 Å². The maximum absolute atomic E-state index is 12.5. The third-order valence-corrected chi connectivity index (χ3v) is 4.98. The zero-order valence-electron chi connectivity index (χ0n) is 12.1. The van der Waals surface area contributed by atoms with Crippen LogP contribution in [0, 0.1) is 13.8 Å². The van der Waals surface area contributed by atoms with Gasteiger partial charge in [-0.25, -0.2) is 13.4 Å². The number of benzene rings is 1. The van der Waals surface area contributed by atoms with Crippen LogP contribution in [-0.4, -0.2) is 13.4 Å². The van der Waals surface area contributed by atoms with E-state index < -0.39 is 10.0 Å². The minimum absolute atomic E-state index is 0.286. The first-order chi connectivity index (χ1) is 9.81. The van der Waals surface area contributed by atoms with E-state index in [0.29, 0.717) is 12.2 Å². The molecule has 0 radical (unpaired) electrons. The van der Waals surface area contributed by atoms with E-state index in [1.165, 1.54) is 0 Å². The number of hydrogen-bond donors (Lipinski definition) is 1. The predicted molar refractivity (Wildman–Crippen MR) is 88.0 cm³/mol. The van der Waals surface area contributed by atoms with Crippen LogP contribution in [0.15, 0.2) is 39.7 Å². The molecule has 0 saturated heterocycles. The summed E-state index contributed by atoms with van der Waals surface area (Å²) in [7, 11) is -3.64. The van der Waals surface area contributed by atoms with Crippen LogP contribution in [0.4, 0.5) is 5.82 Å². The summed E-state index contributed by atoms with van der Waals surface area (Å²) in [5.41, 5.74) is 2.51. The third-order valence-electron chi connectivity index (χ3n) is 3.03. The Hall–Kier alpha value is -1.40. The van der Waals surface area contributed by atoms with Crippen LogP contribution >= 0.6 is 15.9 Å². The molecule has 0 bridgehead atoms. The lowest BCUT2D eigenvalue weighted by Gasteiger charge is -2.12. The topological polar surface area (TPSA) is 59.1 Å². The molecule has 4 nitrogen and oxygen atoms in total. The van der Waals surface area contributed by atoms with Crippen LogP contribution in [0.5, 0.6) is 0 Å². The molecule has 0 fully saturated rings. The zero-order valence-corrected chi connectivity index (χ0v) is 14.5. The number of sulfonamides is 1. The number of pyridine rings is 1. The highest BCUT2D eigenvalue weighted by molar-refractivity contribution is 9.10. The van der Waals surface area contributed by atoms with Gasteiger partial charge in [0.25, 0.3) is 10.0 Å². The first-order valence-corrected chi connectivity index (χ1v) is 8.86. The standard InChI is InChI=1S/C15H17BrN2O2S/c1-4-12-9-13(16)5-6-14(12)21(19,20)18-15-8-10(2)7-11(3)17-15/h5-9H,4H2,1-3H3,(H,17,18). The van der Waals surface area contributed by atoms with Crippen molar-refractivity contribution in [2.45, 2.75) is 32.1 Å². The van der Waals surface area contributed by atoms with Gasteiger partial charge in [-0.1, -0.05) is 22.9 Å². The van der Waals surface area contributed by atoms with E-state index in [0.717, 1.165) is 21.3 Å². The molecule has 0 aliphatic carbocycles. The summed E-state index contributed by atoms with van der Waals surface area (Å²) >= 11 is 3.36. The summed E-state index contributed by atoms with van der Waals surface area (Å²) in [6, 6.07) is 8.77. The van der Waals surface area contributed by atoms with E-state index in [2.05, 4.69) is 25.6 Å². The number of hydrogen-bond acceptors (Lipinski definition) is 3. The third kappa shape index (κ3) is 3.83. The molecule has 0 aliphatic rings. The lowest BCUT2D eigenvalue weighted by Crippen LogP contribution is -2.16. The smallest absolute Gasteiger partial charge is 0.263 e. The van der Waals surface area contributed by atoms with Crippen molar-refractivity contribution in [3.8, 4) is 0 Å². The fourth-order valence-electron chi connectivity index (χ4n) is 2.17. The number of rotatable bonds is 4. The van der Waals surface area contributed by atoms with Gasteiger partial charge in [0.15, 0.2) is 0 Å². The molecule has 1 aromatic heterocycles. The van der Waals surface area contributed by atoms with Gasteiger partial charge in [-0.3, -0.25) is 4.72 Å². The van der Waals surface area contributed by atoms with Gasteiger partial charge in [0.05, 0.1) is 4.90 Å². The van der Waals surface area contributed by atoms with Gasteiger partial charge < -0.3 is 0 Å². The van der Waals surface area contributed by atoms with Crippen molar-refractivity contribution in [1.82, 2.24) is 4.98 Å². The second-order valence-electron chi connectivity index (χ2n) is 4.88. The first kappa shape index (κ1) is 16.0. The molecular weight excluding hydrogens is 352 g/mol. The number of anilines is 1. The van der Waals surface area contributed by atoms with E-state index in [1.807, 2.05) is 32.9 Å². The maximum Gasteiger partial charge on any atom is 0.263 e. The molecule has 1 heterocycles. The molecular formula is C15H17BrN2O2S. The molecule has 1 aromatic carbocycles. The van der Waals surface area contributed by atoms with Crippen molar-refractivity contribution in [2.75, 3.05) is 4.72 Å². The molecule has 1 N–H and O–H groups in total. The van der Waals surface area contributed by atoms with Gasteiger partial charge in [-0.05, 0) is 61.7 Å². The van der Waals surface area contributed by atoms with Gasteiger partial charge in [0.2, 0.25) is 0 Å². The van der Waals surface area contributed by atoms with Crippen LogP contribution in [0.2, 0.25) is 0 Å². The van der Waals surface area contributed by atoms with Gasteiger partial charge in [0.1, 0.15) is 5.82 Å². The Labute approximate surface area is 133 Å². The minimum Gasteiger partial charge on any atom is -0.263 e. The lowest BCUT2D eigenvalue weighted by molar-refractivity contribution is 0.600. The monoisotopic (exact) mass is 368 g/mol. The fraction of sp³-hybridized carbons (Fsp3) is 0.267. The van der Waals surface area contributed by atoms with Crippen LogP contribution in [-0.2, 0) is 16.4 Å². The largest absolute Gasteiger partial charge is 0.263 e. The summed E-state index contributed by atoms with van der Waals surface area (Å²) < 4.78 is 28.5. The average Bonchev–Trinajstić information content (AvgIpc) is 2.36. The second-order valence-corrected chi connectivity index (χ2v) is 7.45. The Bertz CT molecular complexity index is 753. The Morgan fingerprint density at radius 1 is 1.19 bits per heavy atom. The molecule has 0 spiro atoms. The van der Waals surface area contributed by atoms with Crippen molar-refractivity contribution in [3.05, 3.63) is 51.6 Å². The molecule has 21 heavy (non-hydrogen) atoms. The number of aryl methyl sites for hydroxylation is 3. The SMILES string of the molecule is CCc1cc(Br)ccc1S(=O)(=O)Nc1cc(C)cc(C)n1. The van der Waals surface area contributed by atoms with Gasteiger partial charge in [-0.15, -0.1) is 0 Å². The summed E-state index contributed by atoms with van der Waals surface area (Å²) in [5.74, 6) is 0.345. The van der Waals surface area contributed by atoms with E-state index in [4.69, 9.17) is 0 Å². The van der Waals surface area contributed by atoms with E-state index >= 15 is 0 Å². The van der Waals surface area contributed by atoms with Crippen LogP contribution in [0.25, 0.3) is 0 Å². The number of aromatic nitrogens is 1. The van der Waals surface area contributed by atoms with E-state index in [9.17, 15) is 8.42 Å². The Balaban J connectivity index is 2.43. The predicted octanol–water partition coefficient (Wildman–Crippen LogP) is 3.82. The Morgan fingerprint density at radius 3 is 2.52 bits per heavy atom. The number of nitrogens with one attached hydrogen (secondary N) is 1. The Morgan fingerprint density at radius 2 is 1.90 bits per heavy atom. The van der Waals surface area contributed by atoms with Gasteiger partial charge in [-0.2, -0.15) is 0 Å². The van der Waals surface area contributed by atoms with Crippen molar-refractivity contribution < 1.29 is 8.42 Å². The average molecular weight is 369 g/mol. The molecule has 0 aliphatic heterocycles. The number of nitrogens with zero attached hydrogens (tertiary/aromatic N) is 1. The molecule has 2 aromatic rings. The van der Waals surface area contributed by atoms with Crippen LogP contribution in [0.1, 0.15) is 23.7 Å². The zero-order chi connectivity index (χ0) is 15.6. The lowest BCUT2D eigenvalue weighted by atomic mass is 10.2. The van der Waals surface area contributed by atoms with Crippen molar-refractivity contribution in [2.24, 2.45) is 0 Å². The molecule has 6 heteroatoms. The van der Waals surface area contributed by atoms with Crippen molar-refractivity contribution in [3.63, 3.8) is 0 Å². The normalized spacial score (nSPS) is 11.4. The maximum atomic E-state index is 12.5. The van der Waals surface area contributed by atoms with Crippen LogP contribution < -0.4 is 4.72 Å². The van der Waals surface area contributed by atoms with Crippen molar-refractivity contribution in [1.29, 1.82) is 0 Å². The molecule has 0 amide bonds. The summed E-state index contributed by atoms with van der Waals surface area (Å²) in [5, 5.41) is 0. The highest BCUT2D eigenvalue weighted by Crippen LogP contribution is 2.23. The number of halogens is 1. The molecule has 0 saturated carbocycles. The fourth-order valence-corrected chi connectivity index (χ4v) is 3.87. The van der Waals surface area contributed by atoms with Crippen LogP contribution in [0.3, 0.4) is 0 Å².